The Labute approximate surface area is 122 Å². The van der Waals surface area contributed by atoms with Crippen LogP contribution in [0, 0.1) is 0 Å². The van der Waals surface area contributed by atoms with Crippen molar-refractivity contribution in [1.82, 2.24) is 5.32 Å². The van der Waals surface area contributed by atoms with Crippen molar-refractivity contribution in [3.63, 3.8) is 0 Å². The van der Waals surface area contributed by atoms with E-state index in [4.69, 9.17) is 4.74 Å². The molecule has 2 nitrogen and oxygen atoms in total. The van der Waals surface area contributed by atoms with Crippen molar-refractivity contribution in [2.24, 2.45) is 0 Å². The van der Waals surface area contributed by atoms with E-state index in [0.29, 0.717) is 5.41 Å². The Bertz CT molecular complexity index is 416. The Kier molecular flexibility index (Phi) is 4.30. The average molecular weight is 273 g/mol. The van der Waals surface area contributed by atoms with Crippen molar-refractivity contribution >= 4 is 0 Å². The molecule has 2 saturated carbocycles. The van der Waals surface area contributed by atoms with Crippen molar-refractivity contribution in [3.05, 3.63) is 29.8 Å². The largest absolute Gasteiger partial charge is 0.494 e. The second-order valence-electron chi connectivity index (χ2n) is 6.45. The minimum absolute atomic E-state index is 0.367. The van der Waals surface area contributed by atoms with E-state index in [1.165, 1.54) is 50.5 Å². The smallest absolute Gasteiger partial charge is 0.119 e. The molecule has 3 rings (SSSR count). The maximum atomic E-state index is 5.57. The number of benzene rings is 1. The molecule has 1 aromatic rings. The van der Waals surface area contributed by atoms with Crippen LogP contribution in [0.15, 0.2) is 24.3 Å². The van der Waals surface area contributed by atoms with Gasteiger partial charge in [-0.05, 0) is 50.3 Å². The fraction of sp³-hybridized carbons (Fsp3) is 0.667. The maximum absolute atomic E-state index is 5.57. The summed E-state index contributed by atoms with van der Waals surface area (Å²) in [5, 5.41) is 3.77. The zero-order chi connectivity index (χ0) is 13.8. The van der Waals surface area contributed by atoms with Gasteiger partial charge in [-0.15, -0.1) is 0 Å². The molecular weight excluding hydrogens is 246 g/mol. The molecule has 0 bridgehead atoms. The summed E-state index contributed by atoms with van der Waals surface area (Å²) in [6.45, 7) is 3.94. The minimum atomic E-state index is 0.367. The van der Waals surface area contributed by atoms with E-state index in [9.17, 15) is 0 Å². The summed E-state index contributed by atoms with van der Waals surface area (Å²) >= 11 is 0. The molecule has 1 N–H and O–H groups in total. The first-order valence-electron chi connectivity index (χ1n) is 8.29. The molecular formula is C18H27NO. The van der Waals surface area contributed by atoms with Crippen LogP contribution < -0.4 is 10.1 Å². The van der Waals surface area contributed by atoms with Gasteiger partial charge in [-0.25, -0.2) is 0 Å². The van der Waals surface area contributed by atoms with Gasteiger partial charge in [-0.1, -0.05) is 31.4 Å². The fourth-order valence-corrected chi connectivity index (χ4v) is 3.49. The van der Waals surface area contributed by atoms with E-state index >= 15 is 0 Å². The molecule has 0 aromatic heterocycles. The van der Waals surface area contributed by atoms with E-state index in [0.717, 1.165) is 24.9 Å². The molecule has 0 aliphatic heterocycles. The molecule has 0 atom stereocenters. The lowest BCUT2D eigenvalue weighted by Crippen LogP contribution is -2.40. The molecule has 2 aliphatic rings. The van der Waals surface area contributed by atoms with Crippen molar-refractivity contribution in [2.75, 3.05) is 13.2 Å². The molecule has 20 heavy (non-hydrogen) atoms. The zero-order valence-electron chi connectivity index (χ0n) is 12.7. The molecule has 1 aromatic carbocycles. The number of hydrogen-bond donors (Lipinski definition) is 1. The lowest BCUT2D eigenvalue weighted by atomic mass is 9.69. The second-order valence-corrected chi connectivity index (χ2v) is 6.45. The van der Waals surface area contributed by atoms with Gasteiger partial charge in [0.15, 0.2) is 0 Å². The quantitative estimate of drug-likeness (QED) is 0.844. The van der Waals surface area contributed by atoms with Crippen LogP contribution in [-0.2, 0) is 5.41 Å². The van der Waals surface area contributed by atoms with Crippen LogP contribution in [0.4, 0.5) is 0 Å². The molecule has 0 amide bonds. The molecule has 2 fully saturated rings. The average Bonchev–Trinajstić information content (AvgIpc) is 3.32. The SMILES string of the molecule is CCOc1ccc(C2(CNC3CC3)CCCCC2)cc1. The molecule has 0 unspecified atom stereocenters. The molecule has 0 spiro atoms. The first-order valence-corrected chi connectivity index (χ1v) is 8.29. The molecule has 110 valence electrons. The van der Waals surface area contributed by atoms with E-state index < -0.39 is 0 Å². The van der Waals surface area contributed by atoms with Gasteiger partial charge in [0.2, 0.25) is 0 Å². The van der Waals surface area contributed by atoms with Gasteiger partial charge in [0, 0.05) is 18.0 Å². The summed E-state index contributed by atoms with van der Waals surface area (Å²) in [6.07, 6.45) is 9.57. The predicted octanol–water partition coefficient (Wildman–Crippen LogP) is 4.04. The third kappa shape index (κ3) is 3.17. The molecule has 0 heterocycles. The van der Waals surface area contributed by atoms with Gasteiger partial charge >= 0.3 is 0 Å². The summed E-state index contributed by atoms with van der Waals surface area (Å²) in [5.41, 5.74) is 1.87. The Morgan fingerprint density at radius 1 is 1.10 bits per heavy atom. The van der Waals surface area contributed by atoms with Crippen LogP contribution in [0.5, 0.6) is 5.75 Å². The van der Waals surface area contributed by atoms with E-state index in [1.807, 2.05) is 6.92 Å². The molecule has 0 saturated heterocycles. The second kappa shape index (κ2) is 6.17. The fourth-order valence-electron chi connectivity index (χ4n) is 3.49. The van der Waals surface area contributed by atoms with Gasteiger partial charge in [0.05, 0.1) is 6.61 Å². The van der Waals surface area contributed by atoms with Crippen LogP contribution in [-0.4, -0.2) is 19.2 Å². The van der Waals surface area contributed by atoms with Gasteiger partial charge in [0.25, 0.3) is 0 Å². The monoisotopic (exact) mass is 273 g/mol. The zero-order valence-corrected chi connectivity index (χ0v) is 12.7. The lowest BCUT2D eigenvalue weighted by Gasteiger charge is -2.38. The van der Waals surface area contributed by atoms with Crippen molar-refractivity contribution < 1.29 is 4.74 Å². The first kappa shape index (κ1) is 13.9. The van der Waals surface area contributed by atoms with Crippen molar-refractivity contribution in [3.8, 4) is 5.75 Å². The minimum Gasteiger partial charge on any atom is -0.494 e. The van der Waals surface area contributed by atoms with Crippen LogP contribution >= 0.6 is 0 Å². The van der Waals surface area contributed by atoms with E-state index in [-0.39, 0.29) is 0 Å². The highest BCUT2D eigenvalue weighted by Gasteiger charge is 2.35. The summed E-state index contributed by atoms with van der Waals surface area (Å²) in [7, 11) is 0. The lowest BCUT2D eigenvalue weighted by molar-refractivity contribution is 0.278. The van der Waals surface area contributed by atoms with Gasteiger partial charge < -0.3 is 10.1 Å². The van der Waals surface area contributed by atoms with Crippen molar-refractivity contribution in [1.29, 1.82) is 0 Å². The number of hydrogen-bond acceptors (Lipinski definition) is 2. The maximum Gasteiger partial charge on any atom is 0.119 e. The summed E-state index contributed by atoms with van der Waals surface area (Å²) < 4.78 is 5.57. The number of nitrogens with one attached hydrogen (secondary N) is 1. The first-order chi connectivity index (χ1) is 9.82. The predicted molar refractivity (Wildman–Crippen MR) is 83.4 cm³/mol. The highest BCUT2D eigenvalue weighted by Crippen LogP contribution is 2.40. The van der Waals surface area contributed by atoms with Gasteiger partial charge in [-0.3, -0.25) is 0 Å². The summed E-state index contributed by atoms with van der Waals surface area (Å²) in [5.74, 6) is 0.998. The molecule has 2 heteroatoms. The Hall–Kier alpha value is -1.02. The number of rotatable bonds is 6. The normalized spacial score (nSPS) is 21.6. The van der Waals surface area contributed by atoms with E-state index in [2.05, 4.69) is 29.6 Å². The van der Waals surface area contributed by atoms with Crippen LogP contribution in [0.1, 0.15) is 57.4 Å². The third-order valence-corrected chi connectivity index (χ3v) is 4.89. The molecule has 0 radical (unpaired) electrons. The Morgan fingerprint density at radius 2 is 1.80 bits per heavy atom. The highest BCUT2D eigenvalue weighted by atomic mass is 16.5. The van der Waals surface area contributed by atoms with Crippen LogP contribution in [0.25, 0.3) is 0 Å². The molecule has 2 aliphatic carbocycles. The van der Waals surface area contributed by atoms with E-state index in [1.54, 1.807) is 0 Å². The number of ether oxygens (including phenoxy) is 1. The van der Waals surface area contributed by atoms with Crippen molar-refractivity contribution in [2.45, 2.75) is 63.3 Å². The third-order valence-electron chi connectivity index (χ3n) is 4.89. The topological polar surface area (TPSA) is 21.3 Å². The standard InChI is InChI=1S/C18H27NO/c1-2-20-17-10-6-15(7-11-17)18(12-4-3-5-13-18)14-19-16-8-9-16/h6-7,10-11,16,19H,2-5,8-9,12-14H2,1H3. The van der Waals surface area contributed by atoms with Gasteiger partial charge in [0.1, 0.15) is 5.75 Å². The van der Waals surface area contributed by atoms with Crippen LogP contribution in [0.3, 0.4) is 0 Å². The van der Waals surface area contributed by atoms with Crippen LogP contribution in [0.2, 0.25) is 0 Å². The van der Waals surface area contributed by atoms with Gasteiger partial charge in [-0.2, -0.15) is 0 Å². The summed E-state index contributed by atoms with van der Waals surface area (Å²) in [6, 6.07) is 9.69. The summed E-state index contributed by atoms with van der Waals surface area (Å²) in [4.78, 5) is 0. The Balaban J connectivity index is 1.75. The Morgan fingerprint density at radius 3 is 2.40 bits per heavy atom. The highest BCUT2D eigenvalue weighted by molar-refractivity contribution is 5.33.